The van der Waals surface area contributed by atoms with E-state index in [1.165, 1.54) is 18.2 Å². The van der Waals surface area contributed by atoms with E-state index >= 15 is 0 Å². The number of hydrogen-bond donors (Lipinski definition) is 0. The maximum atomic E-state index is 14.0. The SMILES string of the molecule is CC(F)(F)c1ccc2c(=O)n(C(/C=C/S(C)(=O)=O)C3CC3)cc(-c3ccccc3)c2c1. The molecule has 0 amide bonds. The quantitative estimate of drug-likeness (QED) is 0.520. The summed E-state index contributed by atoms with van der Waals surface area (Å²) in [6.07, 6.45) is 6.13. The average Bonchev–Trinajstić information content (AvgIpc) is 3.53. The third-order valence-electron chi connectivity index (χ3n) is 5.58. The molecule has 0 spiro atoms. The van der Waals surface area contributed by atoms with Crippen LogP contribution in [0.1, 0.15) is 31.4 Å². The molecule has 4 nitrogen and oxygen atoms in total. The average molecular weight is 444 g/mol. The Bertz CT molecular complexity index is 1320. The number of alkyl halides is 2. The van der Waals surface area contributed by atoms with E-state index in [1.807, 2.05) is 30.3 Å². The Labute approximate surface area is 179 Å². The second-order valence-corrected chi connectivity index (χ2v) is 10.2. The minimum atomic E-state index is -3.35. The first kappa shape index (κ1) is 21.4. The number of hydrogen-bond acceptors (Lipinski definition) is 3. The molecule has 1 unspecified atom stereocenters. The van der Waals surface area contributed by atoms with Crippen LogP contribution >= 0.6 is 0 Å². The van der Waals surface area contributed by atoms with Crippen LogP contribution in [0.3, 0.4) is 0 Å². The van der Waals surface area contributed by atoms with Gasteiger partial charge < -0.3 is 4.57 Å². The van der Waals surface area contributed by atoms with Gasteiger partial charge in [0.05, 0.1) is 6.04 Å². The van der Waals surface area contributed by atoms with E-state index in [2.05, 4.69) is 0 Å². The Balaban J connectivity index is 2.01. The molecular weight excluding hydrogens is 420 g/mol. The number of nitrogens with zero attached hydrogens (tertiary/aromatic N) is 1. The second-order valence-electron chi connectivity index (χ2n) is 8.26. The molecule has 1 saturated carbocycles. The molecule has 31 heavy (non-hydrogen) atoms. The number of fused-ring (bicyclic) bond motifs is 1. The molecule has 2 aromatic carbocycles. The molecule has 0 bridgehead atoms. The smallest absolute Gasteiger partial charge is 0.270 e. The van der Waals surface area contributed by atoms with E-state index in [0.717, 1.165) is 37.0 Å². The van der Waals surface area contributed by atoms with Crippen molar-refractivity contribution in [3.63, 3.8) is 0 Å². The fraction of sp³-hybridized carbons (Fsp3) is 0.292. The predicted octanol–water partition coefficient (Wildman–Crippen LogP) is 5.29. The van der Waals surface area contributed by atoms with Crippen molar-refractivity contribution in [1.82, 2.24) is 4.57 Å². The van der Waals surface area contributed by atoms with Gasteiger partial charge in [0.15, 0.2) is 9.84 Å². The summed E-state index contributed by atoms with van der Waals surface area (Å²) in [7, 11) is -3.35. The van der Waals surface area contributed by atoms with E-state index in [9.17, 15) is 22.0 Å². The standard InChI is InChI=1S/C24H23F2NO3S/c1-24(25,26)18-10-11-19-20(14-18)21(16-6-4-3-5-7-16)15-27(23(19)28)22(17-8-9-17)12-13-31(2,29)30/h3-7,10-15,17,22H,8-9H2,1-2H3/b13-12+. The lowest BCUT2D eigenvalue weighted by molar-refractivity contribution is 0.0176. The molecule has 1 heterocycles. The van der Waals surface area contributed by atoms with Crippen molar-refractivity contribution in [3.05, 3.63) is 82.1 Å². The number of halogens is 2. The topological polar surface area (TPSA) is 56.1 Å². The van der Waals surface area contributed by atoms with Crippen molar-refractivity contribution in [1.29, 1.82) is 0 Å². The molecule has 1 aromatic heterocycles. The van der Waals surface area contributed by atoms with E-state index in [1.54, 1.807) is 16.8 Å². The zero-order valence-electron chi connectivity index (χ0n) is 17.3. The maximum absolute atomic E-state index is 14.0. The zero-order chi connectivity index (χ0) is 22.4. The summed E-state index contributed by atoms with van der Waals surface area (Å²) in [4.78, 5) is 13.4. The van der Waals surface area contributed by atoms with Gasteiger partial charge in [0, 0.05) is 41.3 Å². The Morgan fingerprint density at radius 2 is 1.77 bits per heavy atom. The summed E-state index contributed by atoms with van der Waals surface area (Å²) < 4.78 is 52.9. The highest BCUT2D eigenvalue weighted by molar-refractivity contribution is 7.93. The zero-order valence-corrected chi connectivity index (χ0v) is 18.1. The number of pyridine rings is 1. The van der Waals surface area contributed by atoms with Crippen molar-refractivity contribution in [3.8, 4) is 11.1 Å². The molecule has 0 N–H and O–H groups in total. The molecule has 3 aromatic rings. The molecule has 1 atom stereocenters. The second kappa shape index (κ2) is 7.71. The van der Waals surface area contributed by atoms with Crippen LogP contribution in [0.4, 0.5) is 8.78 Å². The normalized spacial score (nSPS) is 16.1. The molecular formula is C24H23F2NO3S. The molecule has 0 radical (unpaired) electrons. The lowest BCUT2D eigenvalue weighted by atomic mass is 9.96. The van der Waals surface area contributed by atoms with Crippen molar-refractivity contribution in [2.45, 2.75) is 31.7 Å². The van der Waals surface area contributed by atoms with Crippen LogP contribution < -0.4 is 5.56 Å². The minimum Gasteiger partial charge on any atom is -0.307 e. The fourth-order valence-corrected chi connectivity index (χ4v) is 4.29. The monoisotopic (exact) mass is 443 g/mol. The first-order valence-corrected chi connectivity index (χ1v) is 12.0. The van der Waals surface area contributed by atoms with Crippen LogP contribution in [-0.4, -0.2) is 19.2 Å². The van der Waals surface area contributed by atoms with Gasteiger partial charge in [-0.2, -0.15) is 0 Å². The van der Waals surface area contributed by atoms with Crippen LogP contribution in [0.25, 0.3) is 21.9 Å². The van der Waals surface area contributed by atoms with E-state index in [4.69, 9.17) is 0 Å². The van der Waals surface area contributed by atoms with Gasteiger partial charge in [0.2, 0.25) is 0 Å². The summed E-state index contributed by atoms with van der Waals surface area (Å²) in [5, 5.41) is 1.91. The van der Waals surface area contributed by atoms with Gasteiger partial charge in [-0.25, -0.2) is 17.2 Å². The number of aromatic nitrogens is 1. The van der Waals surface area contributed by atoms with Gasteiger partial charge in [-0.15, -0.1) is 0 Å². The van der Waals surface area contributed by atoms with Gasteiger partial charge in [0.1, 0.15) is 0 Å². The molecule has 162 valence electrons. The lowest BCUT2D eigenvalue weighted by Crippen LogP contribution is -2.25. The summed E-state index contributed by atoms with van der Waals surface area (Å²) in [5.41, 5.74) is 0.958. The highest BCUT2D eigenvalue weighted by atomic mass is 32.2. The van der Waals surface area contributed by atoms with Gasteiger partial charge in [-0.05, 0) is 41.8 Å². The molecule has 1 aliphatic carbocycles. The van der Waals surface area contributed by atoms with Crippen LogP contribution in [-0.2, 0) is 15.8 Å². The number of allylic oxidation sites excluding steroid dienone is 1. The van der Waals surface area contributed by atoms with Gasteiger partial charge in [-0.3, -0.25) is 4.79 Å². The highest BCUT2D eigenvalue weighted by Gasteiger charge is 2.32. The maximum Gasteiger partial charge on any atom is 0.270 e. The lowest BCUT2D eigenvalue weighted by Gasteiger charge is -2.20. The van der Waals surface area contributed by atoms with Crippen molar-refractivity contribution in [2.24, 2.45) is 5.92 Å². The molecule has 1 fully saturated rings. The Morgan fingerprint density at radius 3 is 2.35 bits per heavy atom. The van der Waals surface area contributed by atoms with Crippen molar-refractivity contribution >= 4 is 20.6 Å². The van der Waals surface area contributed by atoms with Gasteiger partial charge >= 0.3 is 0 Å². The van der Waals surface area contributed by atoms with Crippen molar-refractivity contribution in [2.75, 3.05) is 6.26 Å². The highest BCUT2D eigenvalue weighted by Crippen LogP contribution is 2.41. The summed E-state index contributed by atoms with van der Waals surface area (Å²) in [6.45, 7) is 0.830. The van der Waals surface area contributed by atoms with Crippen LogP contribution in [0.15, 0.2) is 71.0 Å². The van der Waals surface area contributed by atoms with Crippen molar-refractivity contribution < 1.29 is 17.2 Å². The predicted molar refractivity (Wildman–Crippen MR) is 119 cm³/mol. The third kappa shape index (κ3) is 4.61. The van der Waals surface area contributed by atoms with Gasteiger partial charge in [0.25, 0.3) is 11.5 Å². The number of benzene rings is 2. The Kier molecular flexibility index (Phi) is 5.33. The fourth-order valence-electron chi connectivity index (χ4n) is 3.84. The first-order chi connectivity index (χ1) is 14.5. The first-order valence-electron chi connectivity index (χ1n) is 10.1. The molecule has 4 rings (SSSR count). The summed E-state index contributed by atoms with van der Waals surface area (Å²) in [5.74, 6) is -2.87. The molecule has 1 aliphatic rings. The number of rotatable bonds is 6. The van der Waals surface area contributed by atoms with E-state index in [0.29, 0.717) is 16.3 Å². The van der Waals surface area contributed by atoms with E-state index < -0.39 is 21.8 Å². The van der Waals surface area contributed by atoms with Crippen LogP contribution in [0.5, 0.6) is 0 Å². The van der Waals surface area contributed by atoms with Gasteiger partial charge in [-0.1, -0.05) is 42.5 Å². The third-order valence-corrected chi connectivity index (χ3v) is 6.24. The Hall–Kier alpha value is -2.80. The number of sulfone groups is 1. The molecule has 0 saturated heterocycles. The molecule has 7 heteroatoms. The van der Waals surface area contributed by atoms with Crippen LogP contribution in [0, 0.1) is 5.92 Å². The summed E-state index contributed by atoms with van der Waals surface area (Å²) >= 11 is 0. The largest absolute Gasteiger partial charge is 0.307 e. The Morgan fingerprint density at radius 1 is 1.10 bits per heavy atom. The van der Waals surface area contributed by atoms with E-state index in [-0.39, 0.29) is 17.0 Å². The minimum absolute atomic E-state index is 0.162. The summed E-state index contributed by atoms with van der Waals surface area (Å²) in [6, 6.07) is 12.9. The molecule has 0 aliphatic heterocycles. The van der Waals surface area contributed by atoms with Crippen LogP contribution in [0.2, 0.25) is 0 Å².